The third-order valence-electron chi connectivity index (χ3n) is 2.39. The topological polar surface area (TPSA) is 54.2 Å². The fourth-order valence-electron chi connectivity index (χ4n) is 1.54. The Kier molecular flexibility index (Phi) is 3.61. The number of aromatic nitrogens is 3. The summed E-state index contributed by atoms with van der Waals surface area (Å²) in [6, 6.07) is 7.42. The Morgan fingerprint density at radius 3 is 2.88 bits per heavy atom. The van der Waals surface area contributed by atoms with Crippen molar-refractivity contribution in [2.45, 2.75) is 0 Å². The molecular formula is C11H13ClN4O. The van der Waals surface area contributed by atoms with Crippen LogP contribution >= 0.6 is 11.6 Å². The maximum Gasteiger partial charge on any atom is 0.228 e. The van der Waals surface area contributed by atoms with Gasteiger partial charge >= 0.3 is 0 Å². The van der Waals surface area contributed by atoms with E-state index in [1.807, 2.05) is 30.1 Å². The fraction of sp³-hybridized carbons (Fsp3) is 0.273. The number of para-hydroxylation sites is 1. The molecule has 90 valence electrons. The zero-order valence-electron chi connectivity index (χ0n) is 9.41. The number of hydrogen-bond donors (Lipinski definition) is 1. The fourth-order valence-corrected chi connectivity index (χ4v) is 1.75. The minimum absolute atomic E-state index is 0.0614. The minimum Gasteiger partial charge on any atom is -0.395 e. The van der Waals surface area contributed by atoms with Gasteiger partial charge in [0.2, 0.25) is 5.95 Å². The van der Waals surface area contributed by atoms with Gasteiger partial charge in [0, 0.05) is 13.6 Å². The van der Waals surface area contributed by atoms with Crippen LogP contribution in [0.25, 0.3) is 5.69 Å². The number of benzene rings is 1. The highest BCUT2D eigenvalue weighted by molar-refractivity contribution is 6.32. The summed E-state index contributed by atoms with van der Waals surface area (Å²) >= 11 is 6.11. The lowest BCUT2D eigenvalue weighted by Gasteiger charge is -2.17. The summed E-state index contributed by atoms with van der Waals surface area (Å²) in [6.07, 6.45) is 1.46. The van der Waals surface area contributed by atoms with Gasteiger partial charge in [-0.25, -0.2) is 0 Å². The van der Waals surface area contributed by atoms with E-state index in [0.29, 0.717) is 17.5 Å². The highest BCUT2D eigenvalue weighted by Gasteiger charge is 2.12. The zero-order valence-corrected chi connectivity index (χ0v) is 10.2. The average Bonchev–Trinajstić information content (AvgIpc) is 2.79. The molecule has 5 nitrogen and oxygen atoms in total. The number of aliphatic hydroxyl groups is 1. The first kappa shape index (κ1) is 11.9. The molecule has 0 spiro atoms. The van der Waals surface area contributed by atoms with Crippen LogP contribution in [0.3, 0.4) is 0 Å². The molecule has 2 aromatic rings. The number of aliphatic hydroxyl groups excluding tert-OH is 1. The first-order valence-corrected chi connectivity index (χ1v) is 5.58. The van der Waals surface area contributed by atoms with Gasteiger partial charge in [-0.15, -0.1) is 0 Å². The van der Waals surface area contributed by atoms with Gasteiger partial charge in [-0.2, -0.15) is 14.8 Å². The molecule has 0 aliphatic rings. The summed E-state index contributed by atoms with van der Waals surface area (Å²) in [4.78, 5) is 5.98. The molecule has 0 saturated carbocycles. The molecule has 0 unspecified atom stereocenters. The third-order valence-corrected chi connectivity index (χ3v) is 2.71. The molecule has 1 aromatic heterocycles. The van der Waals surface area contributed by atoms with Gasteiger partial charge in [0.15, 0.2) is 0 Å². The number of rotatable bonds is 4. The summed E-state index contributed by atoms with van der Waals surface area (Å²) in [7, 11) is 1.84. The van der Waals surface area contributed by atoms with Crippen molar-refractivity contribution < 1.29 is 5.11 Å². The predicted octanol–water partition coefficient (Wildman–Crippen LogP) is 1.35. The van der Waals surface area contributed by atoms with Crippen LogP contribution in [0.1, 0.15) is 0 Å². The predicted molar refractivity (Wildman–Crippen MR) is 66.7 cm³/mol. The second-order valence-corrected chi connectivity index (χ2v) is 3.98. The maximum atomic E-state index is 8.93. The molecule has 0 bridgehead atoms. The van der Waals surface area contributed by atoms with Gasteiger partial charge in [-0.3, -0.25) is 0 Å². The highest BCUT2D eigenvalue weighted by Crippen LogP contribution is 2.22. The Labute approximate surface area is 104 Å². The SMILES string of the molecule is CN(CCO)c1ncnn1-c1ccccc1Cl. The smallest absolute Gasteiger partial charge is 0.228 e. The van der Waals surface area contributed by atoms with Crippen LogP contribution in [0.15, 0.2) is 30.6 Å². The van der Waals surface area contributed by atoms with Crippen molar-refractivity contribution in [1.82, 2.24) is 14.8 Å². The van der Waals surface area contributed by atoms with E-state index in [9.17, 15) is 0 Å². The van der Waals surface area contributed by atoms with Crippen LogP contribution in [0, 0.1) is 0 Å². The van der Waals surface area contributed by atoms with Crippen LogP contribution in [0.2, 0.25) is 5.02 Å². The van der Waals surface area contributed by atoms with Crippen molar-refractivity contribution in [3.63, 3.8) is 0 Å². The number of likely N-dealkylation sites (N-methyl/N-ethyl adjacent to an activating group) is 1. The Hall–Kier alpha value is -1.59. The lowest BCUT2D eigenvalue weighted by Crippen LogP contribution is -2.24. The Bertz CT molecular complexity index is 500. The number of hydrogen-bond acceptors (Lipinski definition) is 4. The van der Waals surface area contributed by atoms with Crippen molar-refractivity contribution in [2.75, 3.05) is 25.1 Å². The minimum atomic E-state index is 0.0614. The lowest BCUT2D eigenvalue weighted by molar-refractivity contribution is 0.303. The maximum absolute atomic E-state index is 8.93. The van der Waals surface area contributed by atoms with Crippen LogP contribution in [0.5, 0.6) is 0 Å². The van der Waals surface area contributed by atoms with Crippen molar-refractivity contribution in [3.8, 4) is 5.69 Å². The third kappa shape index (κ3) is 2.40. The van der Waals surface area contributed by atoms with E-state index < -0.39 is 0 Å². The van der Waals surface area contributed by atoms with E-state index in [-0.39, 0.29) is 6.61 Å². The van der Waals surface area contributed by atoms with Crippen LogP contribution in [-0.4, -0.2) is 40.1 Å². The molecule has 6 heteroatoms. The summed E-state index contributed by atoms with van der Waals surface area (Å²) in [5.74, 6) is 0.646. The zero-order chi connectivity index (χ0) is 12.3. The van der Waals surface area contributed by atoms with Crippen LogP contribution in [0.4, 0.5) is 5.95 Å². The van der Waals surface area contributed by atoms with E-state index >= 15 is 0 Å². The van der Waals surface area contributed by atoms with Gasteiger partial charge in [0.05, 0.1) is 17.3 Å². The molecule has 2 rings (SSSR count). The molecule has 0 radical (unpaired) electrons. The molecule has 17 heavy (non-hydrogen) atoms. The molecule has 0 saturated heterocycles. The van der Waals surface area contributed by atoms with E-state index in [4.69, 9.17) is 16.7 Å². The lowest BCUT2D eigenvalue weighted by atomic mass is 10.3. The van der Waals surface area contributed by atoms with Gasteiger partial charge in [-0.05, 0) is 12.1 Å². The van der Waals surface area contributed by atoms with Crippen LogP contribution in [-0.2, 0) is 0 Å². The molecule has 0 aliphatic carbocycles. The van der Waals surface area contributed by atoms with Crippen molar-refractivity contribution in [2.24, 2.45) is 0 Å². The van der Waals surface area contributed by atoms with E-state index in [1.165, 1.54) is 6.33 Å². The summed E-state index contributed by atoms with van der Waals surface area (Å²) in [5, 5.41) is 13.7. The van der Waals surface area contributed by atoms with Gasteiger partial charge in [-0.1, -0.05) is 23.7 Å². The molecule has 1 N–H and O–H groups in total. The molecule has 0 amide bonds. The second-order valence-electron chi connectivity index (χ2n) is 3.57. The Morgan fingerprint density at radius 1 is 1.41 bits per heavy atom. The van der Waals surface area contributed by atoms with E-state index in [2.05, 4.69) is 10.1 Å². The molecule has 1 heterocycles. The molecule has 0 atom stereocenters. The summed E-state index contributed by atoms with van der Waals surface area (Å²) in [5.41, 5.74) is 0.770. The normalized spacial score (nSPS) is 10.5. The first-order chi connectivity index (χ1) is 8.24. The number of nitrogens with zero attached hydrogens (tertiary/aromatic N) is 4. The molecule has 0 aliphatic heterocycles. The quantitative estimate of drug-likeness (QED) is 0.893. The largest absolute Gasteiger partial charge is 0.395 e. The monoisotopic (exact) mass is 252 g/mol. The van der Waals surface area contributed by atoms with Gasteiger partial charge < -0.3 is 10.0 Å². The van der Waals surface area contributed by atoms with E-state index in [1.54, 1.807) is 10.7 Å². The van der Waals surface area contributed by atoms with Crippen molar-refractivity contribution in [3.05, 3.63) is 35.6 Å². The number of anilines is 1. The first-order valence-electron chi connectivity index (χ1n) is 5.21. The summed E-state index contributed by atoms with van der Waals surface area (Å²) < 4.78 is 1.65. The highest BCUT2D eigenvalue weighted by atomic mass is 35.5. The standard InChI is InChI=1S/C11H13ClN4O/c1-15(6-7-17)11-13-8-14-16(11)10-5-3-2-4-9(10)12/h2-5,8,17H,6-7H2,1H3. The number of halogens is 1. The summed E-state index contributed by atoms with van der Waals surface area (Å²) in [6.45, 7) is 0.551. The van der Waals surface area contributed by atoms with Gasteiger partial charge in [0.1, 0.15) is 6.33 Å². The van der Waals surface area contributed by atoms with Crippen LogP contribution < -0.4 is 4.90 Å². The van der Waals surface area contributed by atoms with Gasteiger partial charge in [0.25, 0.3) is 0 Å². The van der Waals surface area contributed by atoms with E-state index in [0.717, 1.165) is 5.69 Å². The molecular weight excluding hydrogens is 240 g/mol. The Morgan fingerprint density at radius 2 is 2.18 bits per heavy atom. The average molecular weight is 253 g/mol. The molecule has 1 aromatic carbocycles. The molecule has 0 fully saturated rings. The Balaban J connectivity index is 2.40. The van der Waals surface area contributed by atoms with Crippen molar-refractivity contribution >= 4 is 17.5 Å². The second kappa shape index (κ2) is 5.16. The van der Waals surface area contributed by atoms with Crippen molar-refractivity contribution in [1.29, 1.82) is 0 Å².